The molecule has 0 aromatic heterocycles. The number of carbonyl (C=O) groups excluding carboxylic acids is 4. The van der Waals surface area contributed by atoms with Gasteiger partial charge >= 0.3 is 5.97 Å². The number of nitrogens with zero attached hydrogens (tertiary/aromatic N) is 1. The molecule has 0 spiro atoms. The van der Waals surface area contributed by atoms with Crippen LogP contribution in [0.25, 0.3) is 5.76 Å². The Hall–Kier alpha value is -3.74. The van der Waals surface area contributed by atoms with Crippen LogP contribution in [0, 0.1) is 11.8 Å². The molecular weight excluding hydrogens is 510 g/mol. The van der Waals surface area contributed by atoms with E-state index in [1.165, 1.54) is 25.1 Å². The number of phenolic OH excluding ortho intramolecular Hbond substituents is 1. The van der Waals surface area contributed by atoms with Crippen molar-refractivity contribution in [3.63, 3.8) is 0 Å². The molecule has 12 nitrogen and oxygen atoms in total. The van der Waals surface area contributed by atoms with E-state index in [0.29, 0.717) is 24.9 Å². The number of rotatable bonds is 7. The first kappa shape index (κ1) is 28.3. The average Bonchev–Trinajstić information content (AvgIpc) is 2.85. The van der Waals surface area contributed by atoms with E-state index in [9.17, 15) is 39.6 Å². The van der Waals surface area contributed by atoms with Gasteiger partial charge in [0.25, 0.3) is 5.91 Å². The predicted octanol–water partition coefficient (Wildman–Crippen LogP) is 0.176. The van der Waals surface area contributed by atoms with Gasteiger partial charge < -0.3 is 36.6 Å². The number of unbranched alkanes of at least 4 members (excludes halogenated alkanes) is 1. The Labute approximate surface area is 224 Å². The van der Waals surface area contributed by atoms with Crippen molar-refractivity contribution in [3.8, 4) is 5.75 Å². The second-order valence-corrected chi connectivity index (χ2v) is 10.5. The lowest BCUT2D eigenvalue weighted by Gasteiger charge is -2.54. The van der Waals surface area contributed by atoms with Gasteiger partial charge in [-0.05, 0) is 51.0 Å². The number of hydrogen-bond donors (Lipinski definition) is 6. The summed E-state index contributed by atoms with van der Waals surface area (Å²) in [5.74, 6) is -9.78. The topological polar surface area (TPSA) is 214 Å². The number of aromatic hydroxyl groups is 1. The number of nitrogens with two attached hydrogens (primary N) is 2. The summed E-state index contributed by atoms with van der Waals surface area (Å²) >= 11 is 0. The Morgan fingerprint density at radius 1 is 1.13 bits per heavy atom. The van der Waals surface area contributed by atoms with Gasteiger partial charge in [0.05, 0.1) is 17.5 Å². The van der Waals surface area contributed by atoms with Gasteiger partial charge in [0, 0.05) is 17.9 Å². The molecule has 0 bridgehead atoms. The van der Waals surface area contributed by atoms with Crippen LogP contribution in [-0.4, -0.2) is 87.2 Å². The number of benzene rings is 1. The smallest absolute Gasteiger partial charge is 0.306 e. The van der Waals surface area contributed by atoms with Crippen molar-refractivity contribution in [2.75, 3.05) is 20.6 Å². The lowest BCUT2D eigenvalue weighted by atomic mass is 9.54. The lowest BCUT2D eigenvalue weighted by Crippen LogP contribution is -2.71. The van der Waals surface area contributed by atoms with Crippen LogP contribution < -0.4 is 11.5 Å². The minimum atomic E-state index is -2.96. The maximum atomic E-state index is 14.1. The van der Waals surface area contributed by atoms with Crippen LogP contribution in [-0.2, 0) is 23.9 Å². The minimum absolute atomic E-state index is 0.0469. The first-order valence-electron chi connectivity index (χ1n) is 12.7. The third-order valence-corrected chi connectivity index (χ3v) is 8.07. The largest absolute Gasteiger partial charge is 0.508 e. The van der Waals surface area contributed by atoms with Crippen LogP contribution >= 0.6 is 0 Å². The molecule has 0 aliphatic heterocycles. The molecule has 1 amide bonds. The van der Waals surface area contributed by atoms with E-state index in [4.69, 9.17) is 16.2 Å². The molecule has 12 heteroatoms. The van der Waals surface area contributed by atoms with Crippen molar-refractivity contribution in [1.82, 2.24) is 4.90 Å². The number of Topliss-reactive ketones (excluding diaryl/α,β-unsaturated/α-hetero) is 2. The van der Waals surface area contributed by atoms with Crippen LogP contribution in [0.3, 0.4) is 0 Å². The number of ketones is 2. The minimum Gasteiger partial charge on any atom is -0.508 e. The van der Waals surface area contributed by atoms with E-state index >= 15 is 0 Å². The quantitative estimate of drug-likeness (QED) is 0.155. The highest BCUT2D eigenvalue weighted by Crippen LogP contribution is 2.56. The Kier molecular flexibility index (Phi) is 7.32. The van der Waals surface area contributed by atoms with E-state index in [0.717, 1.165) is 0 Å². The number of hydrogen-bond acceptors (Lipinski definition) is 11. The summed E-state index contributed by atoms with van der Waals surface area (Å²) in [4.78, 5) is 54.2. The molecule has 0 saturated heterocycles. The molecule has 4 rings (SSSR count). The Morgan fingerprint density at radius 3 is 2.38 bits per heavy atom. The van der Waals surface area contributed by atoms with Gasteiger partial charge in [-0.15, -0.1) is 0 Å². The Morgan fingerprint density at radius 2 is 1.79 bits per heavy atom. The number of esters is 1. The highest BCUT2D eigenvalue weighted by Gasteiger charge is 2.69. The summed E-state index contributed by atoms with van der Waals surface area (Å²) in [7, 11) is 2.93. The molecule has 0 radical (unpaired) electrons. The monoisotopic (exact) mass is 543 g/mol. The van der Waals surface area contributed by atoms with Crippen molar-refractivity contribution < 1.29 is 44.3 Å². The van der Waals surface area contributed by atoms with Crippen LogP contribution in [0.1, 0.15) is 43.2 Å². The van der Waals surface area contributed by atoms with Crippen molar-refractivity contribution >= 4 is 29.2 Å². The maximum absolute atomic E-state index is 14.1. The van der Waals surface area contributed by atoms with Gasteiger partial charge in [-0.25, -0.2) is 0 Å². The van der Waals surface area contributed by atoms with Crippen molar-refractivity contribution in [1.29, 1.82) is 0 Å². The number of carbonyl (C=O) groups is 4. The van der Waals surface area contributed by atoms with E-state index in [-0.39, 0.29) is 17.7 Å². The Balaban J connectivity index is 2.03. The zero-order valence-electron chi connectivity index (χ0n) is 21.9. The number of phenols is 1. The second-order valence-electron chi connectivity index (χ2n) is 10.5. The van der Waals surface area contributed by atoms with Gasteiger partial charge in [0.15, 0.2) is 11.4 Å². The first-order valence-corrected chi connectivity index (χ1v) is 12.7. The Bertz CT molecular complexity index is 1320. The number of aliphatic hydroxyl groups excluding tert-OH is 2. The normalized spacial score (nSPS) is 30.2. The van der Waals surface area contributed by atoms with Crippen molar-refractivity contribution in [2.24, 2.45) is 23.3 Å². The zero-order valence-corrected chi connectivity index (χ0v) is 21.9. The lowest BCUT2D eigenvalue weighted by molar-refractivity contribution is -0.185. The fourth-order valence-corrected chi connectivity index (χ4v) is 6.31. The molecule has 0 unspecified atom stereocenters. The van der Waals surface area contributed by atoms with E-state index in [2.05, 4.69) is 0 Å². The molecule has 8 N–H and O–H groups in total. The van der Waals surface area contributed by atoms with E-state index in [1.54, 1.807) is 19.1 Å². The number of primary amides is 1. The summed E-state index contributed by atoms with van der Waals surface area (Å²) in [5, 5.41) is 44.9. The summed E-state index contributed by atoms with van der Waals surface area (Å²) < 4.78 is 5.90. The summed E-state index contributed by atoms with van der Waals surface area (Å²) in [6.45, 7) is 2.04. The molecule has 39 heavy (non-hydrogen) atoms. The zero-order chi connectivity index (χ0) is 29.0. The number of fused-ring (bicyclic) bond motifs is 3. The molecule has 1 saturated carbocycles. The number of aliphatic hydroxyl groups is 3. The van der Waals surface area contributed by atoms with Crippen LogP contribution in [0.2, 0.25) is 0 Å². The van der Waals surface area contributed by atoms with Crippen LogP contribution in [0.15, 0.2) is 35.1 Å². The molecule has 3 aliphatic carbocycles. The highest BCUT2D eigenvalue weighted by atomic mass is 16.5. The SMILES string of the molecule is C[C@@H]1c2cccc(O)c2C(O)=C2C(=O)[C@]3(O)C(O)=C(C(N)=O)C(=O)[C@@H](N(C)C)[C@H]3[C@H](OC(=O)CCCCN)[C@H]21. The third-order valence-electron chi connectivity index (χ3n) is 8.07. The summed E-state index contributed by atoms with van der Waals surface area (Å²) in [5.41, 5.74) is 6.98. The number of ether oxygens (including phenoxy) is 1. The maximum Gasteiger partial charge on any atom is 0.306 e. The molecular formula is C27H33N3O9. The number of likely N-dealkylation sites (N-methyl/N-ethyl adjacent to an activating group) is 1. The van der Waals surface area contributed by atoms with E-state index in [1.807, 2.05) is 0 Å². The molecule has 6 atom stereocenters. The first-order chi connectivity index (χ1) is 18.3. The van der Waals surface area contributed by atoms with Gasteiger partial charge in [-0.2, -0.15) is 0 Å². The fourth-order valence-electron chi connectivity index (χ4n) is 6.31. The molecule has 210 valence electrons. The predicted molar refractivity (Wildman–Crippen MR) is 137 cm³/mol. The summed E-state index contributed by atoms with van der Waals surface area (Å²) in [6, 6.07) is 3.08. The standard InChI is InChI=1S/C27H33N3O9/c1-11-12-7-6-8-13(31)16(12)21(33)17-15(11)23(39-14(32)9-4-5-10-28)19-20(30(2)3)22(34)18(26(29)37)25(36)27(19,38)24(17)35/h6-8,11,15,19-20,23,31,33,36,38H,4-5,9-10,28H2,1-3H3,(H2,29,37)/t11-,15+,19+,20+,23-,27+/m1/s1. The van der Waals surface area contributed by atoms with Gasteiger partial charge in [-0.3, -0.25) is 24.1 Å². The molecule has 1 fully saturated rings. The number of amides is 1. The average molecular weight is 544 g/mol. The molecule has 0 heterocycles. The fraction of sp³-hybridized carbons (Fsp3) is 0.481. The van der Waals surface area contributed by atoms with Crippen molar-refractivity contribution in [2.45, 2.75) is 49.9 Å². The van der Waals surface area contributed by atoms with Gasteiger partial charge in [0.2, 0.25) is 5.78 Å². The van der Waals surface area contributed by atoms with Crippen LogP contribution in [0.4, 0.5) is 0 Å². The second kappa shape index (κ2) is 10.1. The van der Waals surface area contributed by atoms with Gasteiger partial charge in [0.1, 0.15) is 28.9 Å². The summed E-state index contributed by atoms with van der Waals surface area (Å²) in [6.07, 6.45) is -0.540. The molecule has 1 aromatic carbocycles. The molecule has 1 aromatic rings. The molecule has 3 aliphatic rings. The third kappa shape index (κ3) is 4.10. The highest BCUT2D eigenvalue weighted by molar-refractivity contribution is 6.24. The van der Waals surface area contributed by atoms with E-state index < -0.39 is 81.6 Å². The van der Waals surface area contributed by atoms with Crippen molar-refractivity contribution in [3.05, 3.63) is 46.2 Å². The van der Waals surface area contributed by atoms with Crippen LogP contribution in [0.5, 0.6) is 5.75 Å². The van der Waals surface area contributed by atoms with Gasteiger partial charge in [-0.1, -0.05) is 19.1 Å².